The number of benzene rings is 1. The second-order valence-electron chi connectivity index (χ2n) is 4.13. The summed E-state index contributed by atoms with van der Waals surface area (Å²) in [4.78, 5) is 11.7. The highest BCUT2D eigenvalue weighted by molar-refractivity contribution is 5.92. The molecule has 0 saturated heterocycles. The van der Waals surface area contributed by atoms with E-state index in [0.29, 0.717) is 11.6 Å². The van der Waals surface area contributed by atoms with Crippen LogP contribution in [0.25, 0.3) is 0 Å². The summed E-state index contributed by atoms with van der Waals surface area (Å²) in [5.41, 5.74) is 1.40. The highest BCUT2D eigenvalue weighted by Crippen LogP contribution is 2.44. The third-order valence-electron chi connectivity index (χ3n) is 2.82. The predicted molar refractivity (Wildman–Crippen MR) is 66.1 cm³/mol. The van der Waals surface area contributed by atoms with Crippen molar-refractivity contribution in [3.63, 3.8) is 0 Å². The monoisotopic (exact) mass is 250 g/mol. The molecule has 96 valence electrons. The third-order valence-corrected chi connectivity index (χ3v) is 2.82. The van der Waals surface area contributed by atoms with Crippen LogP contribution in [-0.2, 0) is 0 Å². The molecule has 0 atom stereocenters. The lowest BCUT2D eigenvalue weighted by molar-refractivity contribution is 0.248. The van der Waals surface area contributed by atoms with Crippen molar-refractivity contribution in [1.29, 1.82) is 0 Å². The number of hydrogen-bond acceptors (Lipinski definition) is 3. The fourth-order valence-electron chi connectivity index (χ4n) is 1.83. The number of carbonyl (C=O) groups is 1. The minimum atomic E-state index is -0.394. The maximum absolute atomic E-state index is 13.3. The van der Waals surface area contributed by atoms with E-state index in [0.717, 1.165) is 23.4 Å². The smallest absolute Gasteiger partial charge is 0.339 e. The molecule has 1 aromatic rings. The number of urea groups is 1. The Morgan fingerprint density at radius 3 is 2.78 bits per heavy atom. The molecule has 0 bridgehead atoms. The first-order valence-corrected chi connectivity index (χ1v) is 5.78. The van der Waals surface area contributed by atoms with Gasteiger partial charge in [-0.25, -0.2) is 9.18 Å². The van der Waals surface area contributed by atoms with Gasteiger partial charge in [0.2, 0.25) is 0 Å². The molecule has 1 aromatic carbocycles. The summed E-state index contributed by atoms with van der Waals surface area (Å²) in [5.74, 6) is 0.0147. The van der Waals surface area contributed by atoms with Gasteiger partial charge in [-0.15, -0.1) is 0 Å². The molecule has 1 fully saturated rings. The molecule has 1 saturated carbocycles. The van der Waals surface area contributed by atoms with Gasteiger partial charge in [-0.2, -0.15) is 10.1 Å². The van der Waals surface area contributed by atoms with Crippen LogP contribution in [0.15, 0.2) is 28.5 Å². The lowest BCUT2D eigenvalue weighted by atomic mass is 10.1. The minimum absolute atomic E-state index is 0.300. The Labute approximate surface area is 105 Å². The third kappa shape index (κ3) is 2.47. The van der Waals surface area contributed by atoms with Gasteiger partial charge in [-0.3, -0.25) is 0 Å². The number of amides is 2. The van der Waals surface area contributed by atoms with Crippen LogP contribution in [0.5, 0.6) is 0 Å². The zero-order valence-electron chi connectivity index (χ0n) is 10.4. The quantitative estimate of drug-likeness (QED) is 0.650. The molecule has 0 spiro atoms. The molecule has 1 aliphatic rings. The van der Waals surface area contributed by atoms with Gasteiger partial charge in [-0.05, 0) is 42.5 Å². The van der Waals surface area contributed by atoms with Crippen molar-refractivity contribution in [2.75, 3.05) is 19.1 Å². The van der Waals surface area contributed by atoms with E-state index in [1.54, 1.807) is 6.07 Å². The molecule has 0 heterocycles. The van der Waals surface area contributed by atoms with Crippen LogP contribution >= 0.6 is 0 Å². The van der Waals surface area contributed by atoms with Crippen molar-refractivity contribution in [2.24, 2.45) is 10.3 Å². The molecule has 5 nitrogen and oxygen atoms in total. The first kappa shape index (κ1) is 12.5. The molecule has 2 amide bonds. The van der Waals surface area contributed by atoms with Crippen LogP contribution in [0.1, 0.15) is 24.3 Å². The first-order valence-electron chi connectivity index (χ1n) is 5.78. The molecule has 1 aliphatic carbocycles. The summed E-state index contributed by atoms with van der Waals surface area (Å²) in [7, 11) is 3.00. The Morgan fingerprint density at radius 2 is 2.22 bits per heavy atom. The van der Waals surface area contributed by atoms with E-state index in [-0.39, 0.29) is 5.82 Å². The largest absolute Gasteiger partial charge is 0.343 e. The predicted octanol–water partition coefficient (Wildman–Crippen LogP) is 2.85. The molecule has 18 heavy (non-hydrogen) atoms. The van der Waals surface area contributed by atoms with Gasteiger partial charge in [0.15, 0.2) is 0 Å². The Kier molecular flexibility index (Phi) is 3.55. The zero-order valence-corrected chi connectivity index (χ0v) is 10.4. The summed E-state index contributed by atoms with van der Waals surface area (Å²) in [6.07, 6.45) is 2.03. The van der Waals surface area contributed by atoms with Crippen LogP contribution in [-0.4, -0.2) is 20.1 Å². The fraction of sp³-hybridized carbons (Fsp3) is 0.417. The topological polar surface area (TPSA) is 57.1 Å². The molecular formula is C12H15FN4O. The Hall–Kier alpha value is -1.98. The van der Waals surface area contributed by atoms with E-state index in [4.69, 9.17) is 0 Å². The molecule has 1 N–H and O–H groups in total. The van der Waals surface area contributed by atoms with E-state index in [1.807, 2.05) is 0 Å². The zero-order chi connectivity index (χ0) is 13.1. The lowest BCUT2D eigenvalue weighted by Crippen LogP contribution is -2.34. The summed E-state index contributed by atoms with van der Waals surface area (Å²) < 4.78 is 13.3. The van der Waals surface area contributed by atoms with Crippen molar-refractivity contribution in [2.45, 2.75) is 18.8 Å². The average molecular weight is 250 g/mol. The maximum atomic E-state index is 13.3. The van der Waals surface area contributed by atoms with Crippen LogP contribution in [0.4, 0.5) is 14.9 Å². The Bertz CT molecular complexity index is 485. The van der Waals surface area contributed by atoms with E-state index in [2.05, 4.69) is 15.7 Å². The minimum Gasteiger partial charge on any atom is -0.339 e. The fourth-order valence-corrected chi connectivity index (χ4v) is 1.83. The molecule has 6 heteroatoms. The lowest BCUT2D eigenvalue weighted by Gasteiger charge is -2.18. The Balaban J connectivity index is 2.43. The molecule has 2 rings (SSSR count). The second kappa shape index (κ2) is 5.12. The SMILES string of the molecule is CN=NN(C(=O)NC)c1ccc(F)cc1C1CC1. The van der Waals surface area contributed by atoms with Gasteiger partial charge in [0.05, 0.1) is 12.7 Å². The standard InChI is InChI=1S/C12H15FN4O/c1-14-12(18)17(16-15-2)11-6-5-9(13)7-10(11)8-3-4-8/h5-8H,3-4H2,1-2H3,(H,14,18). The highest BCUT2D eigenvalue weighted by Gasteiger charge is 2.30. The maximum Gasteiger partial charge on any atom is 0.343 e. The van der Waals surface area contributed by atoms with Crippen LogP contribution in [0.3, 0.4) is 0 Å². The van der Waals surface area contributed by atoms with Gasteiger partial charge in [0.25, 0.3) is 0 Å². The van der Waals surface area contributed by atoms with Crippen LogP contribution in [0.2, 0.25) is 0 Å². The van der Waals surface area contributed by atoms with Gasteiger partial charge >= 0.3 is 6.03 Å². The average Bonchev–Trinajstić information content (AvgIpc) is 3.19. The van der Waals surface area contributed by atoms with Crippen molar-refractivity contribution in [3.05, 3.63) is 29.6 Å². The van der Waals surface area contributed by atoms with E-state index < -0.39 is 6.03 Å². The van der Waals surface area contributed by atoms with Crippen molar-refractivity contribution >= 4 is 11.7 Å². The summed E-state index contributed by atoms with van der Waals surface area (Å²) >= 11 is 0. The Morgan fingerprint density at radius 1 is 1.50 bits per heavy atom. The molecular weight excluding hydrogens is 235 g/mol. The summed E-state index contributed by atoms with van der Waals surface area (Å²) in [6, 6.07) is 3.96. The highest BCUT2D eigenvalue weighted by atomic mass is 19.1. The van der Waals surface area contributed by atoms with Gasteiger partial charge in [0.1, 0.15) is 5.82 Å². The molecule has 0 radical (unpaired) electrons. The van der Waals surface area contributed by atoms with E-state index in [1.165, 1.54) is 26.2 Å². The van der Waals surface area contributed by atoms with Gasteiger partial charge < -0.3 is 5.32 Å². The number of rotatable bonds is 3. The number of hydrogen-bond donors (Lipinski definition) is 1. The number of nitrogens with one attached hydrogen (secondary N) is 1. The van der Waals surface area contributed by atoms with E-state index in [9.17, 15) is 9.18 Å². The van der Waals surface area contributed by atoms with Crippen molar-refractivity contribution < 1.29 is 9.18 Å². The van der Waals surface area contributed by atoms with Crippen molar-refractivity contribution in [1.82, 2.24) is 5.32 Å². The van der Waals surface area contributed by atoms with E-state index >= 15 is 0 Å². The summed E-state index contributed by atoms with van der Waals surface area (Å²) in [5, 5.41) is 11.1. The van der Waals surface area contributed by atoms with Gasteiger partial charge in [-0.1, -0.05) is 5.22 Å². The van der Waals surface area contributed by atoms with Crippen LogP contribution < -0.4 is 10.3 Å². The first-order chi connectivity index (χ1) is 8.67. The second-order valence-corrected chi connectivity index (χ2v) is 4.13. The number of halogens is 1. The number of nitrogens with zero attached hydrogens (tertiary/aromatic N) is 3. The number of carbonyl (C=O) groups excluding carboxylic acids is 1. The molecule has 0 aliphatic heterocycles. The van der Waals surface area contributed by atoms with Crippen molar-refractivity contribution in [3.8, 4) is 0 Å². The normalized spacial score (nSPS) is 14.8. The summed E-state index contributed by atoms with van der Waals surface area (Å²) in [6.45, 7) is 0. The molecule has 0 aromatic heterocycles. The van der Waals surface area contributed by atoms with Crippen LogP contribution in [0, 0.1) is 5.82 Å². The van der Waals surface area contributed by atoms with Gasteiger partial charge in [0, 0.05) is 7.05 Å². The number of anilines is 1. The molecule has 0 unspecified atom stereocenters.